The third-order valence-electron chi connectivity index (χ3n) is 4.41. The molecule has 0 saturated heterocycles. The Hall–Kier alpha value is -2.72. The first kappa shape index (κ1) is 14.8. The molecule has 0 atom stereocenters. The Kier molecular flexibility index (Phi) is 3.18. The molecule has 0 amide bonds. The maximum atomic E-state index is 11.8. The van der Waals surface area contributed by atoms with E-state index in [1.54, 1.807) is 6.07 Å². The van der Waals surface area contributed by atoms with Crippen LogP contribution in [-0.2, 0) is 7.05 Å². The van der Waals surface area contributed by atoms with Gasteiger partial charge in [-0.2, -0.15) is 0 Å². The van der Waals surface area contributed by atoms with E-state index in [2.05, 4.69) is 15.6 Å². The predicted octanol–water partition coefficient (Wildman–Crippen LogP) is 4.89. The lowest BCUT2D eigenvalue weighted by Crippen LogP contribution is -1.90. The van der Waals surface area contributed by atoms with Crippen LogP contribution in [0.2, 0.25) is 5.02 Å². The van der Waals surface area contributed by atoms with Crippen LogP contribution in [0.15, 0.2) is 42.6 Å². The molecule has 2 heterocycles. The largest absolute Gasteiger partial charge is 0.494 e. The monoisotopic (exact) mass is 338 g/mol. The van der Waals surface area contributed by atoms with Gasteiger partial charge in [0, 0.05) is 35.1 Å². The molecule has 0 saturated carbocycles. The van der Waals surface area contributed by atoms with E-state index >= 15 is 0 Å². The number of carbonyl (C=O) groups is 1. The second-order valence-electron chi connectivity index (χ2n) is 5.98. The van der Waals surface area contributed by atoms with Gasteiger partial charge >= 0.3 is 0 Å². The van der Waals surface area contributed by atoms with Gasteiger partial charge in [-0.05, 0) is 42.8 Å². The number of ketones is 1. The second kappa shape index (κ2) is 5.14. The Bertz CT molecular complexity index is 1120. The highest BCUT2D eigenvalue weighted by Crippen LogP contribution is 2.37. The van der Waals surface area contributed by atoms with Gasteiger partial charge in [0.25, 0.3) is 0 Å². The van der Waals surface area contributed by atoms with Gasteiger partial charge in [0.1, 0.15) is 0 Å². The SMILES string of the molecule is CC(=O)c1c(O)[nH]c2cc(Cl)c(-c3ccc4c(ccn4C)c3)cc12. The van der Waals surface area contributed by atoms with E-state index in [-0.39, 0.29) is 11.7 Å². The zero-order valence-corrected chi connectivity index (χ0v) is 14.0. The second-order valence-corrected chi connectivity index (χ2v) is 6.39. The maximum Gasteiger partial charge on any atom is 0.200 e. The zero-order valence-electron chi connectivity index (χ0n) is 13.2. The van der Waals surface area contributed by atoms with Crippen LogP contribution in [0.3, 0.4) is 0 Å². The van der Waals surface area contributed by atoms with Gasteiger partial charge in [-0.25, -0.2) is 0 Å². The van der Waals surface area contributed by atoms with Crippen LogP contribution in [0.25, 0.3) is 32.9 Å². The Morgan fingerprint density at radius 3 is 2.75 bits per heavy atom. The summed E-state index contributed by atoms with van der Waals surface area (Å²) in [6, 6.07) is 11.8. The number of carbonyl (C=O) groups excluding carboxylic acids is 1. The van der Waals surface area contributed by atoms with Gasteiger partial charge in [-0.3, -0.25) is 4.79 Å². The van der Waals surface area contributed by atoms with E-state index in [0.29, 0.717) is 21.5 Å². The molecular formula is C19H15ClN2O2. The Balaban J connectivity index is 1.98. The molecule has 0 aliphatic rings. The summed E-state index contributed by atoms with van der Waals surface area (Å²) < 4.78 is 2.06. The van der Waals surface area contributed by atoms with E-state index in [1.165, 1.54) is 6.92 Å². The zero-order chi connectivity index (χ0) is 17.0. The summed E-state index contributed by atoms with van der Waals surface area (Å²) in [5.74, 6) is -0.310. The van der Waals surface area contributed by atoms with Gasteiger partial charge < -0.3 is 14.7 Å². The number of nitrogens with one attached hydrogen (secondary N) is 1. The van der Waals surface area contributed by atoms with Crippen molar-refractivity contribution in [2.45, 2.75) is 6.92 Å². The van der Waals surface area contributed by atoms with Crippen molar-refractivity contribution in [3.8, 4) is 17.0 Å². The van der Waals surface area contributed by atoms with Gasteiger partial charge in [0.2, 0.25) is 5.88 Å². The van der Waals surface area contributed by atoms with Gasteiger partial charge in [0.15, 0.2) is 5.78 Å². The molecule has 0 fully saturated rings. The summed E-state index contributed by atoms with van der Waals surface area (Å²) in [6.45, 7) is 1.44. The number of hydrogen-bond donors (Lipinski definition) is 2. The lowest BCUT2D eigenvalue weighted by atomic mass is 10.0. The number of Topliss-reactive ketones (excluding diaryl/α,β-unsaturated/α-hetero) is 1. The molecule has 24 heavy (non-hydrogen) atoms. The fourth-order valence-corrected chi connectivity index (χ4v) is 3.50. The number of benzene rings is 2. The van der Waals surface area contributed by atoms with Crippen LogP contribution in [0, 0.1) is 0 Å². The number of fused-ring (bicyclic) bond motifs is 2. The van der Waals surface area contributed by atoms with Gasteiger partial charge in [0.05, 0.1) is 16.1 Å². The number of aryl methyl sites for hydroxylation is 1. The predicted molar refractivity (Wildman–Crippen MR) is 96.9 cm³/mol. The highest BCUT2D eigenvalue weighted by Gasteiger charge is 2.17. The first-order chi connectivity index (χ1) is 11.5. The number of halogens is 1. The van der Waals surface area contributed by atoms with Crippen molar-refractivity contribution in [1.82, 2.24) is 9.55 Å². The number of aromatic amines is 1. The average molecular weight is 339 g/mol. The Labute approximate surface area is 143 Å². The first-order valence-corrected chi connectivity index (χ1v) is 7.94. The molecule has 0 aliphatic carbocycles. The van der Waals surface area contributed by atoms with Crippen LogP contribution in [0.1, 0.15) is 17.3 Å². The van der Waals surface area contributed by atoms with Crippen LogP contribution in [0.4, 0.5) is 0 Å². The number of aromatic hydroxyl groups is 1. The quantitative estimate of drug-likeness (QED) is 0.511. The summed E-state index contributed by atoms with van der Waals surface area (Å²) in [5.41, 5.74) is 3.88. The minimum absolute atomic E-state index is 0.121. The molecule has 0 radical (unpaired) electrons. The molecule has 4 aromatic rings. The molecule has 0 aliphatic heterocycles. The lowest BCUT2D eigenvalue weighted by Gasteiger charge is -2.07. The standard InChI is InChI=1S/C19H15ClN2O2/c1-10(23)18-14-8-13(15(20)9-16(14)21-19(18)24)11-3-4-17-12(7-11)5-6-22(17)2/h3-9,21,24H,1-2H3. The minimum Gasteiger partial charge on any atom is -0.494 e. The van der Waals surface area contributed by atoms with Crippen molar-refractivity contribution >= 4 is 39.2 Å². The van der Waals surface area contributed by atoms with Crippen molar-refractivity contribution in [3.05, 3.63) is 53.2 Å². The van der Waals surface area contributed by atoms with Gasteiger partial charge in [-0.15, -0.1) is 0 Å². The highest BCUT2D eigenvalue weighted by atomic mass is 35.5. The smallest absolute Gasteiger partial charge is 0.200 e. The highest BCUT2D eigenvalue weighted by molar-refractivity contribution is 6.34. The number of hydrogen-bond acceptors (Lipinski definition) is 2. The van der Waals surface area contributed by atoms with Crippen molar-refractivity contribution in [2.24, 2.45) is 7.05 Å². The van der Waals surface area contributed by atoms with E-state index in [9.17, 15) is 9.90 Å². The molecule has 120 valence electrons. The summed E-state index contributed by atoms with van der Waals surface area (Å²) in [5, 5.41) is 12.3. The summed E-state index contributed by atoms with van der Waals surface area (Å²) in [4.78, 5) is 14.6. The van der Waals surface area contributed by atoms with E-state index in [4.69, 9.17) is 11.6 Å². The molecule has 4 rings (SSSR count). The average Bonchev–Trinajstić information content (AvgIpc) is 3.05. The Morgan fingerprint density at radius 2 is 2.00 bits per heavy atom. The summed E-state index contributed by atoms with van der Waals surface area (Å²) >= 11 is 6.44. The third-order valence-corrected chi connectivity index (χ3v) is 4.73. The van der Waals surface area contributed by atoms with Crippen molar-refractivity contribution in [2.75, 3.05) is 0 Å². The third kappa shape index (κ3) is 2.11. The van der Waals surface area contributed by atoms with Crippen LogP contribution in [0.5, 0.6) is 5.88 Å². The maximum absolute atomic E-state index is 11.8. The molecule has 4 nitrogen and oxygen atoms in total. The van der Waals surface area contributed by atoms with Crippen LogP contribution >= 0.6 is 11.6 Å². The molecule has 2 aromatic carbocycles. The molecule has 0 spiro atoms. The van der Waals surface area contributed by atoms with E-state index in [0.717, 1.165) is 22.0 Å². The molecule has 5 heteroatoms. The topological polar surface area (TPSA) is 58.0 Å². The lowest BCUT2D eigenvalue weighted by molar-refractivity contribution is 0.101. The summed E-state index contributed by atoms with van der Waals surface area (Å²) in [7, 11) is 2.00. The van der Waals surface area contributed by atoms with Crippen LogP contribution < -0.4 is 0 Å². The van der Waals surface area contributed by atoms with Gasteiger partial charge in [-0.1, -0.05) is 17.7 Å². The fraction of sp³-hybridized carbons (Fsp3) is 0.105. The van der Waals surface area contributed by atoms with E-state index < -0.39 is 0 Å². The molecular weight excluding hydrogens is 324 g/mol. The van der Waals surface area contributed by atoms with Crippen molar-refractivity contribution < 1.29 is 9.90 Å². The number of nitrogens with zero attached hydrogens (tertiary/aromatic N) is 1. The normalized spacial score (nSPS) is 11.5. The molecule has 2 N–H and O–H groups in total. The first-order valence-electron chi connectivity index (χ1n) is 7.56. The number of H-pyrrole nitrogens is 1. The molecule has 0 unspecified atom stereocenters. The summed E-state index contributed by atoms with van der Waals surface area (Å²) in [6.07, 6.45) is 2.01. The van der Waals surface area contributed by atoms with E-state index in [1.807, 2.05) is 37.5 Å². The number of aromatic nitrogens is 2. The van der Waals surface area contributed by atoms with Crippen LogP contribution in [-0.4, -0.2) is 20.4 Å². The number of rotatable bonds is 2. The fourth-order valence-electron chi connectivity index (χ4n) is 3.23. The van der Waals surface area contributed by atoms with Crippen molar-refractivity contribution in [1.29, 1.82) is 0 Å². The molecule has 2 aromatic heterocycles. The Morgan fingerprint density at radius 1 is 1.21 bits per heavy atom. The minimum atomic E-state index is -0.189. The molecule has 0 bridgehead atoms. The van der Waals surface area contributed by atoms with Crippen molar-refractivity contribution in [3.63, 3.8) is 0 Å².